The molecule has 1 N–H and O–H groups in total. The van der Waals surface area contributed by atoms with E-state index in [0.29, 0.717) is 24.3 Å². The molecule has 0 aromatic rings. The summed E-state index contributed by atoms with van der Waals surface area (Å²) in [5, 5.41) is 3.46. The van der Waals surface area contributed by atoms with E-state index in [1.165, 1.54) is 6.42 Å². The summed E-state index contributed by atoms with van der Waals surface area (Å²) in [5.41, 5.74) is 0. The predicted molar refractivity (Wildman–Crippen MR) is 71.9 cm³/mol. The van der Waals surface area contributed by atoms with Crippen molar-refractivity contribution < 1.29 is 4.79 Å². The molecule has 3 heteroatoms. The number of carbonyl (C=O) groups excluding carboxylic acids is 1. The number of allylic oxidation sites excluding steroid dienone is 1. The Balaban J connectivity index is 2.32. The molecule has 17 heavy (non-hydrogen) atoms. The monoisotopic (exact) mass is 238 g/mol. The van der Waals surface area contributed by atoms with E-state index in [1.54, 1.807) is 0 Å². The Hall–Kier alpha value is -0.830. The zero-order chi connectivity index (χ0) is 12.7. The van der Waals surface area contributed by atoms with Crippen LogP contribution in [0.2, 0.25) is 0 Å². The van der Waals surface area contributed by atoms with E-state index in [0.717, 1.165) is 32.5 Å². The molecule has 0 aromatic heterocycles. The van der Waals surface area contributed by atoms with Gasteiger partial charge in [0.05, 0.1) is 0 Å². The maximum Gasteiger partial charge on any atom is 0.222 e. The van der Waals surface area contributed by atoms with Crippen molar-refractivity contribution in [1.82, 2.24) is 10.2 Å². The minimum Gasteiger partial charge on any atom is -0.342 e. The second-order valence-electron chi connectivity index (χ2n) is 5.24. The van der Waals surface area contributed by atoms with Gasteiger partial charge in [-0.2, -0.15) is 0 Å². The molecule has 0 spiro atoms. The maximum atomic E-state index is 11.9. The van der Waals surface area contributed by atoms with Gasteiger partial charge in [0, 0.05) is 25.6 Å². The Labute approximate surface area is 105 Å². The first-order chi connectivity index (χ1) is 8.13. The smallest absolute Gasteiger partial charge is 0.222 e. The second-order valence-corrected chi connectivity index (χ2v) is 5.24. The number of piperidine rings is 1. The minimum absolute atomic E-state index is 0.291. The quantitative estimate of drug-likeness (QED) is 0.719. The molecular formula is C14H26N2O. The summed E-state index contributed by atoms with van der Waals surface area (Å²) in [7, 11) is 0. The van der Waals surface area contributed by atoms with Crippen molar-refractivity contribution in [2.24, 2.45) is 5.92 Å². The zero-order valence-corrected chi connectivity index (χ0v) is 11.2. The molecule has 0 aromatic carbocycles. The second kappa shape index (κ2) is 7.49. The summed E-state index contributed by atoms with van der Waals surface area (Å²) in [4.78, 5) is 13.9. The van der Waals surface area contributed by atoms with Crippen molar-refractivity contribution in [3.63, 3.8) is 0 Å². The minimum atomic E-state index is 0.291. The number of hydrogen-bond donors (Lipinski definition) is 1. The fourth-order valence-corrected chi connectivity index (χ4v) is 2.24. The van der Waals surface area contributed by atoms with Gasteiger partial charge in [-0.1, -0.05) is 19.9 Å². The molecule has 3 nitrogen and oxygen atoms in total. The van der Waals surface area contributed by atoms with E-state index in [4.69, 9.17) is 0 Å². The molecular weight excluding hydrogens is 212 g/mol. The van der Waals surface area contributed by atoms with E-state index in [-0.39, 0.29) is 0 Å². The highest BCUT2D eigenvalue weighted by Crippen LogP contribution is 2.17. The van der Waals surface area contributed by atoms with Crippen LogP contribution in [0.15, 0.2) is 12.7 Å². The highest BCUT2D eigenvalue weighted by Gasteiger charge is 2.22. The van der Waals surface area contributed by atoms with Crippen molar-refractivity contribution in [2.45, 2.75) is 45.6 Å². The van der Waals surface area contributed by atoms with Crippen LogP contribution in [-0.4, -0.2) is 36.5 Å². The number of nitrogens with one attached hydrogen (secondary N) is 1. The van der Waals surface area contributed by atoms with Gasteiger partial charge in [0.2, 0.25) is 5.91 Å². The number of rotatable bonds is 6. The molecule has 1 rings (SSSR count). The number of amides is 1. The normalized spacial score (nSPS) is 20.6. The fraction of sp³-hybridized carbons (Fsp3) is 0.786. The van der Waals surface area contributed by atoms with Gasteiger partial charge in [0.1, 0.15) is 0 Å². The van der Waals surface area contributed by atoms with Gasteiger partial charge < -0.3 is 10.2 Å². The molecule has 1 aliphatic heterocycles. The lowest BCUT2D eigenvalue weighted by molar-refractivity contribution is -0.132. The summed E-state index contributed by atoms with van der Waals surface area (Å²) in [6, 6.07) is 0.529. The van der Waals surface area contributed by atoms with Crippen molar-refractivity contribution in [2.75, 3.05) is 19.6 Å². The van der Waals surface area contributed by atoms with Gasteiger partial charge >= 0.3 is 0 Å². The van der Waals surface area contributed by atoms with Crippen LogP contribution < -0.4 is 5.32 Å². The van der Waals surface area contributed by atoms with Crippen LogP contribution in [-0.2, 0) is 4.79 Å². The predicted octanol–water partition coefficient (Wildman–Crippen LogP) is 2.19. The van der Waals surface area contributed by atoms with Crippen LogP contribution in [0, 0.1) is 5.92 Å². The first-order valence-corrected chi connectivity index (χ1v) is 6.75. The average Bonchev–Trinajstić information content (AvgIpc) is 2.33. The topological polar surface area (TPSA) is 32.3 Å². The number of likely N-dealkylation sites (tertiary alicyclic amines) is 1. The lowest BCUT2D eigenvalue weighted by Crippen LogP contribution is -2.43. The molecule has 0 bridgehead atoms. The Kier molecular flexibility index (Phi) is 6.27. The first kappa shape index (κ1) is 14.2. The largest absolute Gasteiger partial charge is 0.342 e. The van der Waals surface area contributed by atoms with Gasteiger partial charge in [-0.25, -0.2) is 0 Å². The van der Waals surface area contributed by atoms with Gasteiger partial charge in [-0.3, -0.25) is 4.79 Å². The van der Waals surface area contributed by atoms with Gasteiger partial charge in [0.15, 0.2) is 0 Å². The molecule has 0 aliphatic carbocycles. The van der Waals surface area contributed by atoms with Gasteiger partial charge in [-0.15, -0.1) is 6.58 Å². The SMILES string of the molecule is C=CCCC(=O)N1CCCC(CNC(C)C)C1. The maximum absolute atomic E-state index is 11.9. The Morgan fingerprint density at radius 1 is 1.59 bits per heavy atom. The van der Waals surface area contributed by atoms with Crippen LogP contribution in [0.25, 0.3) is 0 Å². The summed E-state index contributed by atoms with van der Waals surface area (Å²) in [6.07, 6.45) is 5.62. The number of nitrogens with zero attached hydrogens (tertiary/aromatic N) is 1. The van der Waals surface area contributed by atoms with E-state index in [2.05, 4.69) is 25.7 Å². The Bertz CT molecular complexity index is 251. The van der Waals surface area contributed by atoms with E-state index >= 15 is 0 Å². The number of hydrogen-bond acceptors (Lipinski definition) is 2. The van der Waals surface area contributed by atoms with Crippen LogP contribution in [0.3, 0.4) is 0 Å². The lowest BCUT2D eigenvalue weighted by atomic mass is 9.97. The summed E-state index contributed by atoms with van der Waals surface area (Å²) >= 11 is 0. The van der Waals surface area contributed by atoms with Crippen LogP contribution in [0.4, 0.5) is 0 Å². The molecule has 1 unspecified atom stereocenters. The summed E-state index contributed by atoms with van der Waals surface area (Å²) < 4.78 is 0. The van der Waals surface area contributed by atoms with Crippen LogP contribution >= 0.6 is 0 Å². The molecule has 1 heterocycles. The van der Waals surface area contributed by atoms with Crippen LogP contribution in [0.5, 0.6) is 0 Å². The zero-order valence-electron chi connectivity index (χ0n) is 11.2. The summed E-state index contributed by atoms with van der Waals surface area (Å²) in [6.45, 7) is 10.9. The third kappa shape index (κ3) is 5.35. The van der Waals surface area contributed by atoms with E-state index in [9.17, 15) is 4.79 Å². The Morgan fingerprint density at radius 3 is 3.00 bits per heavy atom. The van der Waals surface area contributed by atoms with E-state index in [1.807, 2.05) is 11.0 Å². The molecule has 1 aliphatic rings. The molecule has 1 amide bonds. The van der Waals surface area contributed by atoms with E-state index < -0.39 is 0 Å². The fourth-order valence-electron chi connectivity index (χ4n) is 2.24. The van der Waals surface area contributed by atoms with Crippen molar-refractivity contribution >= 4 is 5.91 Å². The highest BCUT2D eigenvalue weighted by atomic mass is 16.2. The standard InChI is InChI=1S/C14H26N2O/c1-4-5-8-14(17)16-9-6-7-13(11-16)10-15-12(2)3/h4,12-13,15H,1,5-11H2,2-3H3. The molecule has 0 radical (unpaired) electrons. The third-order valence-electron chi connectivity index (χ3n) is 3.25. The molecule has 98 valence electrons. The van der Waals surface area contributed by atoms with Crippen molar-refractivity contribution in [1.29, 1.82) is 0 Å². The molecule has 0 saturated carbocycles. The molecule has 1 saturated heterocycles. The van der Waals surface area contributed by atoms with Crippen LogP contribution in [0.1, 0.15) is 39.5 Å². The van der Waals surface area contributed by atoms with Gasteiger partial charge in [-0.05, 0) is 31.7 Å². The number of carbonyl (C=O) groups is 1. The van der Waals surface area contributed by atoms with Crippen molar-refractivity contribution in [3.05, 3.63) is 12.7 Å². The first-order valence-electron chi connectivity index (χ1n) is 6.75. The summed E-state index contributed by atoms with van der Waals surface area (Å²) in [5.74, 6) is 0.915. The highest BCUT2D eigenvalue weighted by molar-refractivity contribution is 5.76. The lowest BCUT2D eigenvalue weighted by Gasteiger charge is -2.33. The molecule has 1 atom stereocenters. The van der Waals surface area contributed by atoms with Gasteiger partial charge in [0.25, 0.3) is 0 Å². The average molecular weight is 238 g/mol. The molecule has 1 fully saturated rings. The third-order valence-corrected chi connectivity index (χ3v) is 3.25. The van der Waals surface area contributed by atoms with Crippen molar-refractivity contribution in [3.8, 4) is 0 Å². The Morgan fingerprint density at radius 2 is 2.35 bits per heavy atom.